The van der Waals surface area contributed by atoms with Gasteiger partial charge in [0.05, 0.1) is 0 Å². The third kappa shape index (κ3) is 5.54. The van der Waals surface area contributed by atoms with Crippen LogP contribution < -0.4 is 61.7 Å². The Morgan fingerprint density at radius 3 is 2.08 bits per heavy atom. The number of piperazine rings is 1. The van der Waals surface area contributed by atoms with Gasteiger partial charge in [0, 0.05) is 43.3 Å². The van der Waals surface area contributed by atoms with Gasteiger partial charge in [0.2, 0.25) is 0 Å². The summed E-state index contributed by atoms with van der Waals surface area (Å²) < 4.78 is 46.3. The normalized spacial score (nSPS) is 15.0. The van der Waals surface area contributed by atoms with Gasteiger partial charge in [-0.3, -0.25) is 4.79 Å². The second-order valence-corrected chi connectivity index (χ2v) is 9.22. The number of halogens is 3. The van der Waals surface area contributed by atoms with Crippen LogP contribution in [0.1, 0.15) is 33.0 Å². The number of ether oxygens (including phenoxy) is 1. The zero-order valence-corrected chi connectivity index (χ0v) is 23.9. The molecule has 3 aromatic carbocycles. The van der Waals surface area contributed by atoms with Crippen LogP contribution >= 0.6 is 0 Å². The molecular formula is C27H25BF3KN2O3. The number of fused-ring (bicyclic) bond motifs is 3. The maximum absolute atomic E-state index is 13.5. The summed E-state index contributed by atoms with van der Waals surface area (Å²) >= 11 is 0. The molecule has 1 heterocycles. The largest absolute Gasteiger partial charge is 1.00 e. The maximum atomic E-state index is 13.5. The molecule has 1 fully saturated rings. The van der Waals surface area contributed by atoms with E-state index in [-0.39, 0.29) is 75.0 Å². The molecule has 5 nitrogen and oxygen atoms in total. The molecule has 2 aliphatic rings. The summed E-state index contributed by atoms with van der Waals surface area (Å²) in [7, 11) is 0. The molecule has 0 bridgehead atoms. The Labute approximate surface area is 256 Å². The van der Waals surface area contributed by atoms with Crippen molar-refractivity contribution in [3.05, 3.63) is 82.9 Å². The molecule has 5 rings (SSSR count). The van der Waals surface area contributed by atoms with Gasteiger partial charge in [-0.15, -0.1) is 5.46 Å². The van der Waals surface area contributed by atoms with E-state index in [2.05, 4.69) is 24.3 Å². The molecule has 0 unspecified atom stereocenters. The van der Waals surface area contributed by atoms with Gasteiger partial charge in [-0.25, -0.2) is 4.79 Å². The minimum absolute atomic E-state index is 0. The van der Waals surface area contributed by atoms with Crippen LogP contribution in [0.2, 0.25) is 0 Å². The third-order valence-corrected chi connectivity index (χ3v) is 7.15. The molecule has 1 amide bonds. The smallest absolute Gasteiger partial charge is 0.448 e. The topological polar surface area (TPSA) is 49.9 Å². The summed E-state index contributed by atoms with van der Waals surface area (Å²) in [6.07, 6.45) is -0.00419. The fourth-order valence-corrected chi connectivity index (χ4v) is 5.30. The molecule has 1 saturated heterocycles. The van der Waals surface area contributed by atoms with Crippen molar-refractivity contribution in [1.29, 1.82) is 0 Å². The van der Waals surface area contributed by atoms with Crippen molar-refractivity contribution in [3.8, 4) is 11.1 Å². The van der Waals surface area contributed by atoms with Crippen molar-refractivity contribution in [2.75, 3.05) is 37.7 Å². The predicted octanol–water partition coefficient (Wildman–Crippen LogP) is 1.94. The Hall–Kier alpha value is -2.11. The Morgan fingerprint density at radius 2 is 1.54 bits per heavy atom. The second-order valence-electron chi connectivity index (χ2n) is 9.22. The van der Waals surface area contributed by atoms with Crippen molar-refractivity contribution in [3.63, 3.8) is 0 Å². The molecule has 1 aliphatic heterocycles. The number of nitrogens with zero attached hydrogens (tertiary/aromatic N) is 2. The molecule has 37 heavy (non-hydrogen) atoms. The number of carbonyl (C=O) groups excluding carboxylic acids is 2. The van der Waals surface area contributed by atoms with E-state index in [1.165, 1.54) is 13.0 Å². The Bertz CT molecular complexity index is 1280. The number of carbonyl (C=O) groups is 2. The zero-order valence-electron chi connectivity index (χ0n) is 20.8. The molecule has 0 spiro atoms. The van der Waals surface area contributed by atoms with Crippen LogP contribution in [0.3, 0.4) is 0 Å². The molecule has 10 heteroatoms. The van der Waals surface area contributed by atoms with Gasteiger partial charge in [0.15, 0.2) is 0 Å². The summed E-state index contributed by atoms with van der Waals surface area (Å²) in [5, 5.41) is 0. The Kier molecular flexibility index (Phi) is 8.55. The van der Waals surface area contributed by atoms with E-state index in [0.717, 1.165) is 28.3 Å². The van der Waals surface area contributed by atoms with Crippen LogP contribution in [0.4, 0.5) is 23.4 Å². The first-order chi connectivity index (χ1) is 17.3. The summed E-state index contributed by atoms with van der Waals surface area (Å²) in [5.74, 6) is -0.0426. The second kappa shape index (κ2) is 11.3. The van der Waals surface area contributed by atoms with Gasteiger partial charge < -0.3 is 27.5 Å². The number of benzene rings is 3. The van der Waals surface area contributed by atoms with Crippen LogP contribution in [0, 0.1) is 6.92 Å². The molecule has 0 saturated carbocycles. The summed E-state index contributed by atoms with van der Waals surface area (Å²) in [6, 6.07) is 18.6. The average molecular weight is 532 g/mol. The fraction of sp³-hybridized carbons (Fsp3) is 0.259. The van der Waals surface area contributed by atoms with Crippen LogP contribution in [0.25, 0.3) is 11.1 Å². The fourth-order valence-electron chi connectivity index (χ4n) is 5.30. The van der Waals surface area contributed by atoms with Gasteiger partial charge >= 0.3 is 64.5 Å². The van der Waals surface area contributed by atoms with Crippen molar-refractivity contribution in [1.82, 2.24) is 4.90 Å². The number of hydrogen-bond donors (Lipinski definition) is 0. The monoisotopic (exact) mass is 532 g/mol. The standard InChI is InChI=1S/C27H25BF3N2O3.K/c1-18-25(28(29,30)31)14-19(16-34)15-26(18)32-10-12-33(13-11-32)27(35)36-17-24-22-8-4-2-6-20(22)21-7-3-5-9-23(21)24;/h2-9,14-16,24H,10-13,17H2,1H3;/q-1;+1. The molecule has 0 atom stereocenters. The SMILES string of the molecule is Cc1c(N2CCN(C(=O)OCC3c4ccccc4-c4ccccc43)CC2)cc(C=O)cc1[B-](F)(F)F.[K+]. The van der Waals surface area contributed by atoms with Crippen LogP contribution in [0.5, 0.6) is 0 Å². The van der Waals surface area contributed by atoms with Gasteiger partial charge in [0.1, 0.15) is 12.9 Å². The van der Waals surface area contributed by atoms with E-state index in [9.17, 15) is 22.5 Å². The number of amides is 1. The Balaban J connectivity index is 0.00000320. The summed E-state index contributed by atoms with van der Waals surface area (Å²) in [6.45, 7) is -2.30. The number of anilines is 1. The number of hydrogen-bond acceptors (Lipinski definition) is 4. The molecular weight excluding hydrogens is 507 g/mol. The van der Waals surface area contributed by atoms with E-state index in [1.807, 2.05) is 24.3 Å². The van der Waals surface area contributed by atoms with Crippen molar-refractivity contribution in [2.24, 2.45) is 0 Å². The third-order valence-electron chi connectivity index (χ3n) is 7.15. The molecule has 0 radical (unpaired) electrons. The number of aldehydes is 1. The average Bonchev–Trinajstić information content (AvgIpc) is 3.20. The van der Waals surface area contributed by atoms with E-state index < -0.39 is 18.5 Å². The summed E-state index contributed by atoms with van der Waals surface area (Å²) in [5.41, 5.74) is 4.26. The molecule has 0 aromatic heterocycles. The first kappa shape index (κ1) is 27.9. The number of rotatable bonds is 5. The molecule has 3 aromatic rings. The molecule has 1 aliphatic carbocycles. The first-order valence-electron chi connectivity index (χ1n) is 11.9. The van der Waals surface area contributed by atoms with Crippen LogP contribution in [-0.2, 0) is 4.74 Å². The van der Waals surface area contributed by atoms with Gasteiger partial charge in [-0.2, -0.15) is 0 Å². The maximum Gasteiger partial charge on any atom is 1.00 e. The van der Waals surface area contributed by atoms with E-state index in [4.69, 9.17) is 4.74 Å². The van der Waals surface area contributed by atoms with Crippen LogP contribution in [-0.4, -0.2) is 57.0 Å². The quantitative estimate of drug-likeness (QED) is 0.373. The van der Waals surface area contributed by atoms with Crippen LogP contribution in [0.15, 0.2) is 60.7 Å². The van der Waals surface area contributed by atoms with Crippen molar-refractivity contribution >= 4 is 30.5 Å². The minimum Gasteiger partial charge on any atom is -0.448 e. The van der Waals surface area contributed by atoms with Gasteiger partial charge in [0.25, 0.3) is 0 Å². The molecule has 0 N–H and O–H groups in total. The van der Waals surface area contributed by atoms with E-state index in [1.54, 1.807) is 9.80 Å². The molecule has 186 valence electrons. The zero-order chi connectivity index (χ0) is 25.4. The minimum atomic E-state index is -5.25. The predicted molar refractivity (Wildman–Crippen MR) is 134 cm³/mol. The Morgan fingerprint density at radius 1 is 0.973 bits per heavy atom. The van der Waals surface area contributed by atoms with Crippen molar-refractivity contribution in [2.45, 2.75) is 12.8 Å². The van der Waals surface area contributed by atoms with E-state index in [0.29, 0.717) is 38.2 Å². The first-order valence-corrected chi connectivity index (χ1v) is 11.9. The van der Waals surface area contributed by atoms with Gasteiger partial charge in [-0.05, 0) is 35.2 Å². The van der Waals surface area contributed by atoms with Gasteiger partial charge in [-0.1, -0.05) is 60.2 Å². The summed E-state index contributed by atoms with van der Waals surface area (Å²) in [4.78, 5) is 27.5. The van der Waals surface area contributed by atoms with Crippen molar-refractivity contribution < 1.29 is 78.7 Å². The van der Waals surface area contributed by atoms with E-state index >= 15 is 0 Å².